The number of hydrogen-bond acceptors (Lipinski definition) is 3. The van der Waals surface area contributed by atoms with Crippen LogP contribution in [-0.2, 0) is 4.74 Å². The molecule has 0 bridgehead atoms. The van der Waals surface area contributed by atoms with Crippen molar-refractivity contribution in [1.29, 1.82) is 0 Å². The van der Waals surface area contributed by atoms with Crippen molar-refractivity contribution in [3.05, 3.63) is 28.2 Å². The van der Waals surface area contributed by atoms with Gasteiger partial charge >= 0.3 is 0 Å². The summed E-state index contributed by atoms with van der Waals surface area (Å²) in [5, 5.41) is 0. The SMILES string of the molecule is COc1ccc(C(=O)CCOCC(F)F)cc1Br. The Labute approximate surface area is 112 Å². The zero-order valence-electron chi connectivity index (χ0n) is 9.79. The second-order valence-corrected chi connectivity index (χ2v) is 4.34. The van der Waals surface area contributed by atoms with Gasteiger partial charge in [0.15, 0.2) is 5.78 Å². The number of ketones is 1. The third kappa shape index (κ3) is 4.70. The number of alkyl halides is 2. The van der Waals surface area contributed by atoms with Gasteiger partial charge in [0.2, 0.25) is 0 Å². The highest BCUT2D eigenvalue weighted by Gasteiger charge is 2.09. The molecule has 0 saturated heterocycles. The van der Waals surface area contributed by atoms with E-state index in [4.69, 9.17) is 4.74 Å². The van der Waals surface area contributed by atoms with E-state index in [1.165, 1.54) is 7.11 Å². The second kappa shape index (κ2) is 7.43. The van der Waals surface area contributed by atoms with Crippen LogP contribution in [0.1, 0.15) is 16.8 Å². The van der Waals surface area contributed by atoms with Gasteiger partial charge in [-0.1, -0.05) is 0 Å². The molecule has 6 heteroatoms. The summed E-state index contributed by atoms with van der Waals surface area (Å²) in [6, 6.07) is 4.92. The molecule has 0 aliphatic carbocycles. The number of halogens is 3. The summed E-state index contributed by atoms with van der Waals surface area (Å²) in [7, 11) is 1.53. The van der Waals surface area contributed by atoms with E-state index in [0.29, 0.717) is 15.8 Å². The van der Waals surface area contributed by atoms with Crippen LogP contribution in [0.5, 0.6) is 5.75 Å². The number of benzene rings is 1. The molecule has 0 fully saturated rings. The van der Waals surface area contributed by atoms with Crippen molar-refractivity contribution in [3.8, 4) is 5.75 Å². The van der Waals surface area contributed by atoms with Crippen LogP contribution in [0.4, 0.5) is 8.78 Å². The number of rotatable bonds is 7. The van der Waals surface area contributed by atoms with E-state index in [1.54, 1.807) is 18.2 Å². The van der Waals surface area contributed by atoms with Crippen LogP contribution >= 0.6 is 15.9 Å². The molecule has 0 heterocycles. The molecule has 0 N–H and O–H groups in total. The van der Waals surface area contributed by atoms with E-state index >= 15 is 0 Å². The number of ether oxygens (including phenoxy) is 2. The minimum Gasteiger partial charge on any atom is -0.496 e. The Kier molecular flexibility index (Phi) is 6.21. The molecule has 0 unspecified atom stereocenters. The first-order chi connectivity index (χ1) is 8.54. The van der Waals surface area contributed by atoms with Gasteiger partial charge in [0.25, 0.3) is 6.43 Å². The predicted octanol–water partition coefficient (Wildman–Crippen LogP) is 3.31. The molecule has 0 amide bonds. The Morgan fingerprint density at radius 2 is 2.17 bits per heavy atom. The predicted molar refractivity (Wildman–Crippen MR) is 66.5 cm³/mol. The van der Waals surface area contributed by atoms with Crippen molar-refractivity contribution < 1.29 is 23.0 Å². The standard InChI is InChI=1S/C12H13BrF2O3/c1-17-11-3-2-8(6-9(11)13)10(16)4-5-18-7-12(14)15/h2-3,6,12H,4-5,7H2,1H3. The van der Waals surface area contributed by atoms with E-state index in [0.717, 1.165) is 0 Å². The first kappa shape index (κ1) is 15.0. The van der Waals surface area contributed by atoms with Crippen molar-refractivity contribution >= 4 is 21.7 Å². The van der Waals surface area contributed by atoms with Crippen molar-refractivity contribution in [3.63, 3.8) is 0 Å². The lowest BCUT2D eigenvalue weighted by Gasteiger charge is -2.06. The number of carbonyl (C=O) groups is 1. The van der Waals surface area contributed by atoms with Gasteiger partial charge in [0, 0.05) is 12.0 Å². The summed E-state index contributed by atoms with van der Waals surface area (Å²) in [4.78, 5) is 11.7. The fourth-order valence-corrected chi connectivity index (χ4v) is 1.86. The number of hydrogen-bond donors (Lipinski definition) is 0. The molecular weight excluding hydrogens is 310 g/mol. The lowest BCUT2D eigenvalue weighted by Crippen LogP contribution is -2.09. The summed E-state index contributed by atoms with van der Waals surface area (Å²) in [5.41, 5.74) is 0.489. The Bertz CT molecular complexity index is 410. The maximum atomic E-state index is 11.8. The Morgan fingerprint density at radius 3 is 2.72 bits per heavy atom. The first-order valence-corrected chi connectivity index (χ1v) is 6.06. The van der Waals surface area contributed by atoms with Crippen LogP contribution in [0, 0.1) is 0 Å². The molecule has 0 aromatic heterocycles. The zero-order chi connectivity index (χ0) is 13.5. The number of carbonyl (C=O) groups excluding carboxylic acids is 1. The summed E-state index contributed by atoms with van der Waals surface area (Å²) in [6.45, 7) is -0.646. The average molecular weight is 323 g/mol. The zero-order valence-corrected chi connectivity index (χ0v) is 11.4. The topological polar surface area (TPSA) is 35.5 Å². The van der Waals surface area contributed by atoms with E-state index in [9.17, 15) is 13.6 Å². The lowest BCUT2D eigenvalue weighted by atomic mass is 10.1. The Morgan fingerprint density at radius 1 is 1.44 bits per heavy atom. The molecular formula is C12H13BrF2O3. The quantitative estimate of drug-likeness (QED) is 0.570. The first-order valence-electron chi connectivity index (χ1n) is 5.27. The highest BCUT2D eigenvalue weighted by atomic mass is 79.9. The molecule has 0 atom stereocenters. The van der Waals surface area contributed by atoms with Crippen LogP contribution in [0.2, 0.25) is 0 Å². The Balaban J connectivity index is 2.49. The summed E-state index contributed by atoms with van der Waals surface area (Å²) < 4.78 is 33.9. The molecule has 1 aromatic carbocycles. The van der Waals surface area contributed by atoms with Gasteiger partial charge < -0.3 is 9.47 Å². The summed E-state index contributed by atoms with van der Waals surface area (Å²) in [6.07, 6.45) is -2.43. The van der Waals surface area contributed by atoms with E-state index in [2.05, 4.69) is 20.7 Å². The van der Waals surface area contributed by atoms with Gasteiger partial charge in [-0.15, -0.1) is 0 Å². The van der Waals surface area contributed by atoms with E-state index in [1.807, 2.05) is 0 Å². The summed E-state index contributed by atoms with van der Waals surface area (Å²) in [5.74, 6) is 0.466. The van der Waals surface area contributed by atoms with Crippen molar-refractivity contribution in [2.45, 2.75) is 12.8 Å². The largest absolute Gasteiger partial charge is 0.496 e. The average Bonchev–Trinajstić information content (AvgIpc) is 2.34. The van der Waals surface area contributed by atoms with Gasteiger partial charge in [-0.05, 0) is 34.1 Å². The molecule has 3 nitrogen and oxygen atoms in total. The number of Topliss-reactive ketones (excluding diaryl/α,β-unsaturated/α-hetero) is 1. The van der Waals surface area contributed by atoms with Gasteiger partial charge in [-0.2, -0.15) is 0 Å². The molecule has 18 heavy (non-hydrogen) atoms. The van der Waals surface area contributed by atoms with Crippen LogP contribution in [-0.4, -0.2) is 32.5 Å². The third-order valence-corrected chi connectivity index (χ3v) is 2.81. The molecule has 100 valence electrons. The molecule has 1 rings (SSSR count). The van der Waals surface area contributed by atoms with Gasteiger partial charge in [-0.3, -0.25) is 4.79 Å². The molecule has 1 aromatic rings. The van der Waals surface area contributed by atoms with Gasteiger partial charge in [-0.25, -0.2) is 8.78 Å². The lowest BCUT2D eigenvalue weighted by molar-refractivity contribution is 0.0170. The Hall–Kier alpha value is -1.01. The molecule has 0 radical (unpaired) electrons. The highest BCUT2D eigenvalue weighted by Crippen LogP contribution is 2.25. The maximum Gasteiger partial charge on any atom is 0.261 e. The molecule has 0 spiro atoms. The monoisotopic (exact) mass is 322 g/mol. The van der Waals surface area contributed by atoms with E-state index in [-0.39, 0.29) is 18.8 Å². The maximum absolute atomic E-state index is 11.8. The fourth-order valence-electron chi connectivity index (χ4n) is 1.32. The number of methoxy groups -OCH3 is 1. The fraction of sp³-hybridized carbons (Fsp3) is 0.417. The van der Waals surface area contributed by atoms with Crippen LogP contribution in [0.15, 0.2) is 22.7 Å². The van der Waals surface area contributed by atoms with Gasteiger partial charge in [0.1, 0.15) is 12.4 Å². The van der Waals surface area contributed by atoms with Crippen LogP contribution < -0.4 is 4.74 Å². The molecule has 0 saturated carbocycles. The van der Waals surface area contributed by atoms with Crippen LogP contribution in [0.3, 0.4) is 0 Å². The smallest absolute Gasteiger partial charge is 0.261 e. The van der Waals surface area contributed by atoms with Crippen LogP contribution in [0.25, 0.3) is 0 Å². The molecule has 0 aliphatic heterocycles. The van der Waals surface area contributed by atoms with Gasteiger partial charge in [0.05, 0.1) is 18.2 Å². The van der Waals surface area contributed by atoms with Crippen molar-refractivity contribution in [1.82, 2.24) is 0 Å². The third-order valence-electron chi connectivity index (χ3n) is 2.19. The normalized spacial score (nSPS) is 10.7. The van der Waals surface area contributed by atoms with Crippen molar-refractivity contribution in [2.24, 2.45) is 0 Å². The minimum atomic E-state index is -2.50. The molecule has 0 aliphatic rings. The summed E-state index contributed by atoms with van der Waals surface area (Å²) >= 11 is 3.27. The highest BCUT2D eigenvalue weighted by molar-refractivity contribution is 9.10. The van der Waals surface area contributed by atoms with Crippen molar-refractivity contribution in [2.75, 3.05) is 20.3 Å². The van der Waals surface area contributed by atoms with E-state index < -0.39 is 13.0 Å². The second-order valence-electron chi connectivity index (χ2n) is 3.49. The minimum absolute atomic E-state index is 0.00712.